The minimum atomic E-state index is -4.08. The van der Waals surface area contributed by atoms with E-state index in [0.717, 1.165) is 22.5 Å². The first-order valence-electron chi connectivity index (χ1n) is 9.88. The van der Waals surface area contributed by atoms with Gasteiger partial charge in [0, 0.05) is 15.9 Å². The number of carboxylic acids is 1. The van der Waals surface area contributed by atoms with Crippen molar-refractivity contribution in [2.75, 3.05) is 7.11 Å². The van der Waals surface area contributed by atoms with Crippen molar-refractivity contribution in [1.29, 1.82) is 0 Å². The summed E-state index contributed by atoms with van der Waals surface area (Å²) in [6, 6.07) is 17.4. The lowest BCUT2D eigenvalue weighted by atomic mass is 9.93. The second-order valence-electron chi connectivity index (χ2n) is 7.99. The third-order valence-corrected chi connectivity index (χ3v) is 9.22. The molecule has 0 spiro atoms. The van der Waals surface area contributed by atoms with Gasteiger partial charge in [0.15, 0.2) is 0 Å². The molecule has 1 aromatic heterocycles. The van der Waals surface area contributed by atoms with Gasteiger partial charge < -0.3 is 14.9 Å². The van der Waals surface area contributed by atoms with E-state index in [-0.39, 0.29) is 17.2 Å². The van der Waals surface area contributed by atoms with Crippen molar-refractivity contribution < 1.29 is 28.2 Å². The van der Waals surface area contributed by atoms with E-state index < -0.39 is 26.9 Å². The van der Waals surface area contributed by atoms with Gasteiger partial charge in [0.1, 0.15) is 15.5 Å². The highest BCUT2D eigenvalue weighted by molar-refractivity contribution is 7.91. The normalized spacial score (nSPS) is 22.5. The van der Waals surface area contributed by atoms with Crippen LogP contribution in [0.15, 0.2) is 64.9 Å². The van der Waals surface area contributed by atoms with Gasteiger partial charge in [0.05, 0.1) is 13.7 Å². The van der Waals surface area contributed by atoms with E-state index in [1.165, 1.54) is 13.2 Å². The number of thiophene rings is 1. The Hall–Kier alpha value is -2.72. The van der Waals surface area contributed by atoms with Gasteiger partial charge in [-0.2, -0.15) is 4.72 Å². The summed E-state index contributed by atoms with van der Waals surface area (Å²) in [5.74, 6) is -0.661. The monoisotopic (exact) mass is 473 g/mol. The maximum Gasteiger partial charge on any atom is 0.325 e. The number of nitrogens with one attached hydrogen (secondary N) is 1. The molecule has 0 radical (unpaired) electrons. The number of aliphatic hydroxyl groups is 1. The topological polar surface area (TPSA) is 113 Å². The Morgan fingerprint density at radius 2 is 1.88 bits per heavy atom. The van der Waals surface area contributed by atoms with E-state index in [0.29, 0.717) is 16.2 Å². The third kappa shape index (κ3) is 3.61. The summed E-state index contributed by atoms with van der Waals surface area (Å²) < 4.78 is 34.0. The molecule has 1 saturated carbocycles. The number of aliphatic hydroxyl groups excluding tert-OH is 1. The molecular formula is C23H23NO6S2. The van der Waals surface area contributed by atoms with Crippen molar-refractivity contribution in [3.8, 4) is 16.2 Å². The fraction of sp³-hybridized carbons (Fsp3) is 0.261. The van der Waals surface area contributed by atoms with Crippen LogP contribution in [0.1, 0.15) is 24.5 Å². The number of carboxylic acid groups (broad SMARTS) is 1. The number of ether oxygens (including phenoxy) is 1. The molecular weight excluding hydrogens is 450 g/mol. The number of methoxy groups -OCH3 is 1. The van der Waals surface area contributed by atoms with Crippen molar-refractivity contribution in [2.24, 2.45) is 0 Å². The first kappa shape index (κ1) is 22.5. The molecule has 2 aromatic carbocycles. The van der Waals surface area contributed by atoms with Crippen LogP contribution in [0, 0.1) is 0 Å². The molecule has 1 heterocycles. The molecule has 168 valence electrons. The lowest BCUT2D eigenvalue weighted by Crippen LogP contribution is -2.47. The third-order valence-electron chi connectivity index (χ3n) is 6.10. The molecule has 4 rings (SSSR count). The second kappa shape index (κ2) is 8.00. The first-order chi connectivity index (χ1) is 15.2. The molecule has 0 saturated heterocycles. The van der Waals surface area contributed by atoms with Crippen molar-refractivity contribution >= 4 is 27.3 Å². The van der Waals surface area contributed by atoms with Gasteiger partial charge in [-0.1, -0.05) is 37.3 Å². The van der Waals surface area contributed by atoms with Crippen LogP contribution in [-0.2, 0) is 26.8 Å². The van der Waals surface area contributed by atoms with E-state index in [4.69, 9.17) is 4.74 Å². The zero-order chi connectivity index (χ0) is 23.1. The van der Waals surface area contributed by atoms with Gasteiger partial charge in [0.25, 0.3) is 10.0 Å². The van der Waals surface area contributed by atoms with Crippen molar-refractivity contribution in [1.82, 2.24) is 4.72 Å². The number of hydrogen-bond acceptors (Lipinski definition) is 6. The van der Waals surface area contributed by atoms with Crippen LogP contribution < -0.4 is 9.46 Å². The molecule has 1 aliphatic rings. The van der Waals surface area contributed by atoms with Crippen LogP contribution in [0.25, 0.3) is 10.4 Å². The minimum absolute atomic E-state index is 0.0248. The summed E-state index contributed by atoms with van der Waals surface area (Å²) in [7, 11) is -2.57. The van der Waals surface area contributed by atoms with Crippen LogP contribution in [0.4, 0.5) is 0 Å². The second-order valence-corrected chi connectivity index (χ2v) is 11.0. The smallest absolute Gasteiger partial charge is 0.325 e. The molecule has 7 nitrogen and oxygen atoms in total. The van der Waals surface area contributed by atoms with Crippen molar-refractivity contribution in [3.63, 3.8) is 0 Å². The molecule has 9 heteroatoms. The lowest BCUT2D eigenvalue weighted by molar-refractivity contribution is -0.140. The Labute approximate surface area is 190 Å². The molecule has 0 unspecified atom stereocenters. The number of hydrogen-bond donors (Lipinski definition) is 3. The van der Waals surface area contributed by atoms with Gasteiger partial charge in [-0.25, -0.2) is 8.42 Å². The Morgan fingerprint density at radius 3 is 2.50 bits per heavy atom. The lowest BCUT2D eigenvalue weighted by Gasteiger charge is -2.20. The SMILES string of the molecule is COc1ccc(-c2ccc(S(=O)(=O)N[C@@]3(C(=O)O)C[C@]3(C)c3ccccc3)s2)cc1CO. The number of rotatable bonds is 8. The number of sulfonamides is 1. The van der Waals surface area contributed by atoms with Gasteiger partial charge in [-0.05, 0) is 47.9 Å². The quantitative estimate of drug-likeness (QED) is 0.462. The summed E-state index contributed by atoms with van der Waals surface area (Å²) in [6.45, 7) is 1.54. The van der Waals surface area contributed by atoms with Gasteiger partial charge >= 0.3 is 5.97 Å². The Bertz CT molecular complexity index is 1270. The fourth-order valence-corrected chi connectivity index (χ4v) is 6.86. The van der Waals surface area contributed by atoms with Gasteiger partial charge in [-0.3, -0.25) is 4.79 Å². The van der Waals surface area contributed by atoms with E-state index >= 15 is 0 Å². The summed E-state index contributed by atoms with van der Waals surface area (Å²) >= 11 is 1.04. The molecule has 32 heavy (non-hydrogen) atoms. The molecule has 1 fully saturated rings. The molecule has 1 aliphatic carbocycles. The Kier molecular flexibility index (Phi) is 5.62. The average molecular weight is 474 g/mol. The number of benzene rings is 2. The number of carbonyl (C=O) groups is 1. The summed E-state index contributed by atoms with van der Waals surface area (Å²) in [4.78, 5) is 12.9. The van der Waals surface area contributed by atoms with Crippen LogP contribution >= 0.6 is 11.3 Å². The van der Waals surface area contributed by atoms with Crippen LogP contribution in [-0.4, -0.2) is 37.2 Å². The highest BCUT2D eigenvalue weighted by Crippen LogP contribution is 2.58. The largest absolute Gasteiger partial charge is 0.496 e. The highest BCUT2D eigenvalue weighted by atomic mass is 32.2. The van der Waals surface area contributed by atoms with Gasteiger partial charge in [-0.15, -0.1) is 11.3 Å². The zero-order valence-corrected chi connectivity index (χ0v) is 19.2. The summed E-state index contributed by atoms with van der Waals surface area (Å²) in [6.07, 6.45) is 0.162. The summed E-state index contributed by atoms with van der Waals surface area (Å²) in [5, 5.41) is 19.5. The predicted octanol–water partition coefficient (Wildman–Crippen LogP) is 3.38. The fourth-order valence-electron chi connectivity index (χ4n) is 4.10. The summed E-state index contributed by atoms with van der Waals surface area (Å²) in [5.41, 5.74) is -0.371. The maximum absolute atomic E-state index is 13.2. The van der Waals surface area contributed by atoms with E-state index in [9.17, 15) is 23.4 Å². The first-order valence-corrected chi connectivity index (χ1v) is 12.2. The molecule has 0 aliphatic heterocycles. The standard InChI is InChI=1S/C23H23NO6S2/c1-22(17-6-4-3-5-7-17)14-23(22,21(26)27)24-32(28,29)20-11-10-19(31-20)15-8-9-18(30-2)16(12-15)13-25/h3-12,24-25H,13-14H2,1-2H3,(H,26,27)/t22-,23-/m1/s1. The predicted molar refractivity (Wildman–Crippen MR) is 121 cm³/mol. The van der Waals surface area contributed by atoms with Crippen LogP contribution in [0.5, 0.6) is 5.75 Å². The average Bonchev–Trinajstić information content (AvgIpc) is 3.14. The molecule has 3 N–H and O–H groups in total. The van der Waals surface area contributed by atoms with E-state index in [2.05, 4.69) is 4.72 Å². The molecule has 0 amide bonds. The van der Waals surface area contributed by atoms with Crippen molar-refractivity contribution in [3.05, 3.63) is 71.8 Å². The van der Waals surface area contributed by atoms with E-state index in [1.54, 1.807) is 43.3 Å². The van der Waals surface area contributed by atoms with Gasteiger partial charge in [0.2, 0.25) is 0 Å². The Balaban J connectivity index is 1.64. The Morgan fingerprint density at radius 1 is 1.16 bits per heavy atom. The minimum Gasteiger partial charge on any atom is -0.496 e. The van der Waals surface area contributed by atoms with Crippen LogP contribution in [0.3, 0.4) is 0 Å². The molecule has 2 atom stereocenters. The number of aliphatic carboxylic acids is 1. The molecule has 0 bridgehead atoms. The zero-order valence-electron chi connectivity index (χ0n) is 17.5. The molecule has 3 aromatic rings. The van der Waals surface area contributed by atoms with Crippen molar-refractivity contribution in [2.45, 2.75) is 35.1 Å². The highest BCUT2D eigenvalue weighted by Gasteiger charge is 2.72. The van der Waals surface area contributed by atoms with E-state index in [1.807, 2.05) is 18.2 Å². The van der Waals surface area contributed by atoms with Crippen LogP contribution in [0.2, 0.25) is 0 Å². The maximum atomic E-state index is 13.2.